The summed E-state index contributed by atoms with van der Waals surface area (Å²) in [4.78, 5) is 76.4. The van der Waals surface area contributed by atoms with Crippen molar-refractivity contribution in [1.82, 2.24) is 20.9 Å². The first-order chi connectivity index (χ1) is 18.3. The van der Waals surface area contributed by atoms with Gasteiger partial charge in [0, 0.05) is 23.5 Å². The van der Waals surface area contributed by atoms with Crippen LogP contribution in [0, 0.1) is 5.92 Å². The number of aromatic amines is 1. The first kappa shape index (κ1) is 30.8. The van der Waals surface area contributed by atoms with E-state index in [0.717, 1.165) is 10.9 Å². The number of aromatic nitrogens is 1. The SMILES string of the molecule is CC(C)CC(N)C(=O)NC(Cc1c[nH]c2ccccc12)C(=O)NC(CC(N)=O)C(=O)NC(CC(N)=O)C(=O)O. The number of nitrogens with two attached hydrogens (primary N) is 3. The monoisotopic (exact) mass is 545 g/mol. The van der Waals surface area contributed by atoms with Gasteiger partial charge in [-0.15, -0.1) is 0 Å². The molecule has 0 aliphatic heterocycles. The molecule has 1 aromatic heterocycles. The van der Waals surface area contributed by atoms with Crippen molar-refractivity contribution in [3.8, 4) is 0 Å². The van der Waals surface area contributed by atoms with Crippen molar-refractivity contribution in [2.45, 2.75) is 63.7 Å². The summed E-state index contributed by atoms with van der Waals surface area (Å²) in [7, 11) is 0. The molecule has 5 amide bonds. The Balaban J connectivity index is 2.31. The summed E-state index contributed by atoms with van der Waals surface area (Å²) in [6.07, 6.45) is 0.642. The normalized spacial score (nSPS) is 14.2. The van der Waals surface area contributed by atoms with E-state index >= 15 is 0 Å². The Morgan fingerprint density at radius 2 is 1.38 bits per heavy atom. The van der Waals surface area contributed by atoms with Crippen LogP contribution in [-0.2, 0) is 35.2 Å². The van der Waals surface area contributed by atoms with Gasteiger partial charge in [-0.25, -0.2) is 4.79 Å². The van der Waals surface area contributed by atoms with E-state index in [9.17, 15) is 33.9 Å². The van der Waals surface area contributed by atoms with Gasteiger partial charge in [0.1, 0.15) is 18.1 Å². The Bertz CT molecular complexity index is 1230. The third-order valence-electron chi connectivity index (χ3n) is 5.85. The molecule has 2 aromatic rings. The minimum atomic E-state index is -1.70. The lowest BCUT2D eigenvalue weighted by atomic mass is 10.0. The maximum absolute atomic E-state index is 13.4. The average molecular weight is 546 g/mol. The number of carbonyl (C=O) groups is 6. The molecule has 14 nitrogen and oxygen atoms in total. The highest BCUT2D eigenvalue weighted by molar-refractivity contribution is 5.97. The second kappa shape index (κ2) is 13.9. The number of hydrogen-bond donors (Lipinski definition) is 8. The summed E-state index contributed by atoms with van der Waals surface area (Å²) in [5.41, 5.74) is 17.8. The van der Waals surface area contributed by atoms with Gasteiger partial charge in [0.15, 0.2) is 0 Å². The maximum Gasteiger partial charge on any atom is 0.326 e. The van der Waals surface area contributed by atoms with E-state index in [1.807, 2.05) is 38.1 Å². The molecule has 0 aliphatic rings. The minimum Gasteiger partial charge on any atom is -0.480 e. The van der Waals surface area contributed by atoms with Crippen LogP contribution in [0.5, 0.6) is 0 Å². The molecule has 4 atom stereocenters. The molecule has 0 bridgehead atoms. The number of amides is 5. The van der Waals surface area contributed by atoms with Gasteiger partial charge in [0.2, 0.25) is 29.5 Å². The highest BCUT2D eigenvalue weighted by Gasteiger charge is 2.32. The molecule has 0 spiro atoms. The molecule has 39 heavy (non-hydrogen) atoms. The number of H-pyrrole nitrogens is 1. The van der Waals surface area contributed by atoms with E-state index in [2.05, 4.69) is 20.9 Å². The lowest BCUT2D eigenvalue weighted by Gasteiger charge is -2.25. The Labute approximate surface area is 224 Å². The van der Waals surface area contributed by atoms with E-state index in [4.69, 9.17) is 17.2 Å². The molecule has 0 saturated carbocycles. The standard InChI is InChI=1S/C25H35N7O7/c1-12(2)7-15(26)22(35)30-17(8-13-11-29-16-6-4-3-5-14(13)16)23(36)31-18(9-20(27)33)24(37)32-19(25(38)39)10-21(28)34/h3-6,11-12,15,17-19,29H,7-10,26H2,1-2H3,(H2,27,33)(H2,28,34)(H,30,35)(H,31,36)(H,32,37)(H,38,39). The number of carboxylic acid groups (broad SMARTS) is 1. The molecule has 212 valence electrons. The van der Waals surface area contributed by atoms with E-state index in [0.29, 0.717) is 12.0 Å². The molecule has 0 radical (unpaired) electrons. The fourth-order valence-electron chi connectivity index (χ4n) is 3.98. The van der Waals surface area contributed by atoms with E-state index < -0.39 is 72.5 Å². The fraction of sp³-hybridized carbons (Fsp3) is 0.440. The van der Waals surface area contributed by atoms with Crippen molar-refractivity contribution in [1.29, 1.82) is 0 Å². The van der Waals surface area contributed by atoms with Gasteiger partial charge < -0.3 is 43.2 Å². The quantitative estimate of drug-likeness (QED) is 0.129. The molecule has 0 fully saturated rings. The highest BCUT2D eigenvalue weighted by Crippen LogP contribution is 2.19. The predicted molar refractivity (Wildman–Crippen MR) is 140 cm³/mol. The average Bonchev–Trinajstić information content (AvgIpc) is 3.24. The summed E-state index contributed by atoms with van der Waals surface area (Å²) >= 11 is 0. The van der Waals surface area contributed by atoms with Crippen LogP contribution in [0.3, 0.4) is 0 Å². The zero-order valence-corrected chi connectivity index (χ0v) is 21.7. The Morgan fingerprint density at radius 3 is 1.97 bits per heavy atom. The molecule has 1 heterocycles. The van der Waals surface area contributed by atoms with Crippen LogP contribution in [0.15, 0.2) is 30.5 Å². The zero-order valence-electron chi connectivity index (χ0n) is 21.7. The van der Waals surface area contributed by atoms with Gasteiger partial charge in [-0.3, -0.25) is 24.0 Å². The number of benzene rings is 1. The first-order valence-corrected chi connectivity index (χ1v) is 12.3. The van der Waals surface area contributed by atoms with Crippen molar-refractivity contribution >= 4 is 46.4 Å². The first-order valence-electron chi connectivity index (χ1n) is 12.3. The topological polar surface area (TPSA) is 253 Å². The minimum absolute atomic E-state index is 0.000319. The smallest absolute Gasteiger partial charge is 0.326 e. The zero-order chi connectivity index (χ0) is 29.3. The van der Waals surface area contributed by atoms with Crippen LogP contribution in [0.4, 0.5) is 0 Å². The summed E-state index contributed by atoms with van der Waals surface area (Å²) in [5.74, 6) is -5.90. The number of rotatable bonds is 15. The lowest BCUT2D eigenvalue weighted by Crippen LogP contribution is -2.58. The van der Waals surface area contributed by atoms with Gasteiger partial charge in [-0.1, -0.05) is 32.0 Å². The molecular weight excluding hydrogens is 510 g/mol. The number of para-hydroxylation sites is 1. The summed E-state index contributed by atoms with van der Waals surface area (Å²) < 4.78 is 0. The number of fused-ring (bicyclic) bond motifs is 1. The van der Waals surface area contributed by atoms with Crippen LogP contribution in [-0.4, -0.2) is 69.8 Å². The Morgan fingerprint density at radius 1 is 0.846 bits per heavy atom. The van der Waals surface area contributed by atoms with E-state index in [-0.39, 0.29) is 12.3 Å². The Hall–Kier alpha value is -4.46. The summed E-state index contributed by atoms with van der Waals surface area (Å²) in [5, 5.41) is 17.1. The van der Waals surface area contributed by atoms with Crippen LogP contribution in [0.25, 0.3) is 10.9 Å². The molecule has 0 saturated heterocycles. The van der Waals surface area contributed by atoms with Gasteiger partial charge in [-0.2, -0.15) is 0 Å². The third kappa shape index (κ3) is 9.41. The Kier molecular flexibility index (Phi) is 11.0. The predicted octanol–water partition coefficient (Wildman–Crippen LogP) is -1.63. The maximum atomic E-state index is 13.4. The number of primary amides is 2. The van der Waals surface area contributed by atoms with Gasteiger partial charge >= 0.3 is 5.97 Å². The number of nitrogens with one attached hydrogen (secondary N) is 4. The third-order valence-corrected chi connectivity index (χ3v) is 5.85. The van der Waals surface area contributed by atoms with E-state index in [1.54, 1.807) is 6.20 Å². The molecule has 2 rings (SSSR count). The molecule has 0 aliphatic carbocycles. The van der Waals surface area contributed by atoms with Gasteiger partial charge in [0.05, 0.1) is 18.9 Å². The molecule has 1 aromatic carbocycles. The van der Waals surface area contributed by atoms with Crippen LogP contribution < -0.4 is 33.2 Å². The molecular formula is C25H35N7O7. The number of carbonyl (C=O) groups excluding carboxylic acids is 5. The number of aliphatic carboxylic acids is 1. The highest BCUT2D eigenvalue weighted by atomic mass is 16.4. The van der Waals surface area contributed by atoms with Crippen LogP contribution >= 0.6 is 0 Å². The second-order valence-corrected chi connectivity index (χ2v) is 9.66. The van der Waals surface area contributed by atoms with Crippen molar-refractivity contribution in [2.75, 3.05) is 0 Å². The fourth-order valence-corrected chi connectivity index (χ4v) is 3.98. The lowest BCUT2D eigenvalue weighted by molar-refractivity contribution is -0.144. The van der Waals surface area contributed by atoms with Crippen molar-refractivity contribution in [3.63, 3.8) is 0 Å². The number of carboxylic acids is 1. The summed E-state index contributed by atoms with van der Waals surface area (Å²) in [6.45, 7) is 3.78. The van der Waals surface area contributed by atoms with Crippen molar-refractivity contribution in [3.05, 3.63) is 36.0 Å². The van der Waals surface area contributed by atoms with Crippen LogP contribution in [0.2, 0.25) is 0 Å². The largest absolute Gasteiger partial charge is 0.480 e. The second-order valence-electron chi connectivity index (χ2n) is 9.66. The van der Waals surface area contributed by atoms with Crippen LogP contribution in [0.1, 0.15) is 38.7 Å². The molecule has 14 heteroatoms. The number of hydrogen-bond acceptors (Lipinski definition) is 7. The molecule has 11 N–H and O–H groups in total. The van der Waals surface area contributed by atoms with E-state index in [1.165, 1.54) is 0 Å². The van der Waals surface area contributed by atoms with Crippen molar-refractivity contribution in [2.24, 2.45) is 23.1 Å². The molecule has 4 unspecified atom stereocenters. The summed E-state index contributed by atoms with van der Waals surface area (Å²) in [6, 6.07) is 1.88. The van der Waals surface area contributed by atoms with Gasteiger partial charge in [-0.05, 0) is 24.0 Å². The van der Waals surface area contributed by atoms with Crippen molar-refractivity contribution < 1.29 is 33.9 Å². The van der Waals surface area contributed by atoms with Gasteiger partial charge in [0.25, 0.3) is 0 Å².